The molecule has 0 saturated heterocycles. The van der Waals surface area contributed by atoms with E-state index in [0.717, 1.165) is 6.42 Å². The van der Waals surface area contributed by atoms with Gasteiger partial charge in [-0.15, -0.1) is 0 Å². The maximum absolute atomic E-state index is 10.7. The second-order valence-electron chi connectivity index (χ2n) is 3.32. The summed E-state index contributed by atoms with van der Waals surface area (Å²) in [5, 5.41) is 18.4. The van der Waals surface area contributed by atoms with Crippen LogP contribution in [0.5, 0.6) is 0 Å². The fourth-order valence-corrected chi connectivity index (χ4v) is 1.71. The molecule has 0 fully saturated rings. The standard InChI is InChI=1S/C8H15IO3/c1-4-5-7(2,9)8(3,12)6(10)11/h12H,4-5H2,1-3H3,(H,10,11)/t7-,8-/m0/s1. The number of hydrogen-bond donors (Lipinski definition) is 2. The van der Waals surface area contributed by atoms with Crippen molar-refractivity contribution in [1.29, 1.82) is 0 Å². The van der Waals surface area contributed by atoms with E-state index in [1.165, 1.54) is 6.92 Å². The second kappa shape index (κ2) is 3.91. The lowest BCUT2D eigenvalue weighted by molar-refractivity contribution is -0.159. The summed E-state index contributed by atoms with van der Waals surface area (Å²) in [4.78, 5) is 10.7. The van der Waals surface area contributed by atoms with E-state index in [1.54, 1.807) is 6.92 Å². The Hall–Kier alpha value is 0.160. The summed E-state index contributed by atoms with van der Waals surface area (Å²) >= 11 is 2.00. The molecule has 2 atom stereocenters. The quantitative estimate of drug-likeness (QED) is 0.612. The maximum Gasteiger partial charge on any atom is 0.336 e. The first-order chi connectivity index (χ1) is 5.25. The average molecular weight is 286 g/mol. The molecule has 0 aromatic rings. The van der Waals surface area contributed by atoms with Gasteiger partial charge in [-0.2, -0.15) is 0 Å². The number of aliphatic hydroxyl groups is 1. The lowest BCUT2D eigenvalue weighted by Gasteiger charge is -2.34. The fraction of sp³-hybridized carbons (Fsp3) is 0.875. The van der Waals surface area contributed by atoms with Crippen molar-refractivity contribution >= 4 is 28.6 Å². The second-order valence-corrected chi connectivity index (χ2v) is 5.71. The molecule has 0 aromatic carbocycles. The molecule has 2 N–H and O–H groups in total. The highest BCUT2D eigenvalue weighted by atomic mass is 127. The van der Waals surface area contributed by atoms with Crippen LogP contribution in [-0.2, 0) is 4.79 Å². The van der Waals surface area contributed by atoms with E-state index in [0.29, 0.717) is 6.42 Å². The highest BCUT2D eigenvalue weighted by Gasteiger charge is 2.46. The maximum atomic E-state index is 10.7. The van der Waals surface area contributed by atoms with E-state index in [1.807, 2.05) is 29.5 Å². The number of alkyl halides is 1. The van der Waals surface area contributed by atoms with Crippen LogP contribution in [-0.4, -0.2) is 25.2 Å². The lowest BCUT2D eigenvalue weighted by Crippen LogP contribution is -2.51. The van der Waals surface area contributed by atoms with Crippen LogP contribution >= 0.6 is 22.6 Å². The Morgan fingerprint density at radius 2 is 1.92 bits per heavy atom. The Kier molecular flexibility index (Phi) is 3.96. The highest BCUT2D eigenvalue weighted by Crippen LogP contribution is 2.36. The van der Waals surface area contributed by atoms with Crippen molar-refractivity contribution in [2.45, 2.75) is 42.6 Å². The molecule has 0 amide bonds. The SMILES string of the molecule is CCC[C@](C)(I)[C@@](C)(O)C(=O)O. The number of rotatable bonds is 4. The van der Waals surface area contributed by atoms with Crippen LogP contribution in [0.1, 0.15) is 33.6 Å². The molecule has 3 nitrogen and oxygen atoms in total. The van der Waals surface area contributed by atoms with Gasteiger partial charge >= 0.3 is 5.97 Å². The minimum absolute atomic E-state index is 0.606. The van der Waals surface area contributed by atoms with Crippen molar-refractivity contribution < 1.29 is 15.0 Å². The summed E-state index contributed by atoms with van der Waals surface area (Å²) in [6.07, 6.45) is 1.55. The molecule has 12 heavy (non-hydrogen) atoms. The van der Waals surface area contributed by atoms with Crippen molar-refractivity contribution in [3.8, 4) is 0 Å². The van der Waals surface area contributed by atoms with Crippen LogP contribution in [0.4, 0.5) is 0 Å². The number of carboxylic acids is 1. The van der Waals surface area contributed by atoms with Gasteiger partial charge < -0.3 is 10.2 Å². The first kappa shape index (κ1) is 12.2. The first-order valence-corrected chi connectivity index (χ1v) is 4.98. The third-order valence-corrected chi connectivity index (χ3v) is 3.74. The fourth-order valence-electron chi connectivity index (χ4n) is 0.936. The molecule has 0 aliphatic rings. The third-order valence-electron chi connectivity index (χ3n) is 2.15. The van der Waals surface area contributed by atoms with Crippen molar-refractivity contribution in [2.75, 3.05) is 0 Å². The molecule has 0 bridgehead atoms. The summed E-state index contributed by atoms with van der Waals surface area (Å²) in [5.41, 5.74) is -1.65. The van der Waals surface area contributed by atoms with Gasteiger partial charge in [0, 0.05) is 0 Å². The summed E-state index contributed by atoms with van der Waals surface area (Å²) in [6, 6.07) is 0. The molecule has 4 heteroatoms. The van der Waals surface area contributed by atoms with Gasteiger partial charge in [0.05, 0.1) is 3.42 Å². The number of hydrogen-bond acceptors (Lipinski definition) is 2. The molecule has 0 aromatic heterocycles. The first-order valence-electron chi connectivity index (χ1n) is 3.90. The van der Waals surface area contributed by atoms with Crippen molar-refractivity contribution in [2.24, 2.45) is 0 Å². The highest BCUT2D eigenvalue weighted by molar-refractivity contribution is 14.1. The van der Waals surface area contributed by atoms with Gasteiger partial charge in [-0.1, -0.05) is 35.9 Å². The van der Waals surface area contributed by atoms with Gasteiger partial charge in [0.2, 0.25) is 0 Å². The Bertz CT molecular complexity index is 175. The summed E-state index contributed by atoms with van der Waals surface area (Å²) < 4.78 is -0.606. The molecule has 0 saturated carbocycles. The Morgan fingerprint density at radius 1 is 1.50 bits per heavy atom. The van der Waals surface area contributed by atoms with E-state index in [2.05, 4.69) is 0 Å². The van der Waals surface area contributed by atoms with E-state index in [9.17, 15) is 9.90 Å². The normalized spacial score (nSPS) is 21.1. The topological polar surface area (TPSA) is 57.5 Å². The van der Waals surface area contributed by atoms with Crippen LogP contribution in [0.3, 0.4) is 0 Å². The minimum Gasteiger partial charge on any atom is -0.479 e. The average Bonchev–Trinajstić information content (AvgIpc) is 1.86. The molecule has 72 valence electrons. The predicted molar refractivity (Wildman–Crippen MR) is 55.6 cm³/mol. The molecule has 0 heterocycles. The van der Waals surface area contributed by atoms with Crippen LogP contribution in [0, 0.1) is 0 Å². The van der Waals surface area contributed by atoms with Crippen LogP contribution < -0.4 is 0 Å². The zero-order valence-corrected chi connectivity index (χ0v) is 9.75. The van der Waals surface area contributed by atoms with Gasteiger partial charge in [-0.05, 0) is 20.3 Å². The molecule has 0 rings (SSSR count). The van der Waals surface area contributed by atoms with Gasteiger partial charge in [0.1, 0.15) is 0 Å². The molecule has 0 radical (unpaired) electrons. The molecule has 0 spiro atoms. The Morgan fingerprint density at radius 3 is 2.17 bits per heavy atom. The molecular formula is C8H15IO3. The third kappa shape index (κ3) is 2.32. The van der Waals surface area contributed by atoms with E-state index in [4.69, 9.17) is 5.11 Å². The Balaban J connectivity index is 4.62. The van der Waals surface area contributed by atoms with Crippen LogP contribution in [0.15, 0.2) is 0 Å². The van der Waals surface area contributed by atoms with Crippen molar-refractivity contribution in [1.82, 2.24) is 0 Å². The summed E-state index contributed by atoms with van der Waals surface area (Å²) in [5.74, 6) is -1.16. The summed E-state index contributed by atoms with van der Waals surface area (Å²) in [7, 11) is 0. The number of halogens is 1. The van der Waals surface area contributed by atoms with E-state index >= 15 is 0 Å². The number of aliphatic carboxylic acids is 1. The van der Waals surface area contributed by atoms with Gasteiger partial charge in [-0.25, -0.2) is 4.79 Å². The van der Waals surface area contributed by atoms with Gasteiger partial charge in [0.25, 0.3) is 0 Å². The Labute approximate surface area is 86.3 Å². The molecule has 0 aliphatic carbocycles. The lowest BCUT2D eigenvalue weighted by atomic mass is 9.87. The van der Waals surface area contributed by atoms with E-state index < -0.39 is 15.0 Å². The zero-order chi connectivity index (χ0) is 9.99. The van der Waals surface area contributed by atoms with Crippen LogP contribution in [0.25, 0.3) is 0 Å². The molecule has 0 unspecified atom stereocenters. The predicted octanol–water partition coefficient (Wildman–Crippen LogP) is 1.82. The van der Waals surface area contributed by atoms with Crippen LogP contribution in [0.2, 0.25) is 0 Å². The zero-order valence-electron chi connectivity index (χ0n) is 7.59. The van der Waals surface area contributed by atoms with Gasteiger partial charge in [0.15, 0.2) is 5.60 Å². The number of carbonyl (C=O) groups is 1. The molecular weight excluding hydrogens is 271 g/mol. The number of carboxylic acid groups (broad SMARTS) is 1. The smallest absolute Gasteiger partial charge is 0.336 e. The van der Waals surface area contributed by atoms with Crippen molar-refractivity contribution in [3.63, 3.8) is 0 Å². The monoisotopic (exact) mass is 286 g/mol. The van der Waals surface area contributed by atoms with E-state index in [-0.39, 0.29) is 0 Å². The van der Waals surface area contributed by atoms with Crippen molar-refractivity contribution in [3.05, 3.63) is 0 Å². The summed E-state index contributed by atoms with van der Waals surface area (Å²) in [6.45, 7) is 5.07. The minimum atomic E-state index is -1.65. The molecule has 0 aliphatic heterocycles. The van der Waals surface area contributed by atoms with Gasteiger partial charge in [-0.3, -0.25) is 0 Å². The largest absolute Gasteiger partial charge is 0.479 e.